The summed E-state index contributed by atoms with van der Waals surface area (Å²) >= 11 is 4.97. The van der Waals surface area contributed by atoms with Crippen LogP contribution in [0.25, 0.3) is 0 Å². The molecule has 0 atom stereocenters. The fourth-order valence-electron chi connectivity index (χ4n) is 0.611. The van der Waals surface area contributed by atoms with Crippen LogP contribution in [0, 0.1) is 0 Å². The molecular weight excluding hydrogens is 226 g/mol. The van der Waals surface area contributed by atoms with E-state index in [-0.39, 0.29) is 5.96 Å². The summed E-state index contributed by atoms with van der Waals surface area (Å²) in [6, 6.07) is 2.00. The van der Waals surface area contributed by atoms with Crippen molar-refractivity contribution in [3.63, 3.8) is 0 Å². The van der Waals surface area contributed by atoms with E-state index in [2.05, 4.69) is 20.9 Å². The van der Waals surface area contributed by atoms with Crippen LogP contribution in [0.5, 0.6) is 0 Å². The molecule has 0 aliphatic rings. The fraction of sp³-hybridized carbons (Fsp3) is 0.167. The van der Waals surface area contributed by atoms with Gasteiger partial charge in [0.25, 0.3) is 0 Å². The quantitative estimate of drug-likeness (QED) is 0.598. The zero-order valence-electron chi connectivity index (χ0n) is 5.75. The topological polar surface area (TPSA) is 64.4 Å². The minimum atomic E-state index is 0.132. The van der Waals surface area contributed by atoms with Crippen molar-refractivity contribution in [3.05, 3.63) is 20.8 Å². The van der Waals surface area contributed by atoms with Crippen LogP contribution in [0.15, 0.2) is 20.2 Å². The van der Waals surface area contributed by atoms with Gasteiger partial charge in [-0.2, -0.15) is 0 Å². The van der Waals surface area contributed by atoms with E-state index >= 15 is 0 Å². The van der Waals surface area contributed by atoms with Gasteiger partial charge < -0.3 is 11.5 Å². The van der Waals surface area contributed by atoms with Crippen LogP contribution < -0.4 is 11.5 Å². The minimum Gasteiger partial charge on any atom is -0.370 e. The minimum absolute atomic E-state index is 0.132. The van der Waals surface area contributed by atoms with Crippen molar-refractivity contribution in [2.75, 3.05) is 0 Å². The van der Waals surface area contributed by atoms with Crippen LogP contribution in [-0.4, -0.2) is 5.96 Å². The highest BCUT2D eigenvalue weighted by Gasteiger charge is 1.94. The number of guanidine groups is 1. The van der Waals surface area contributed by atoms with Crippen LogP contribution >= 0.6 is 27.3 Å². The Morgan fingerprint density at radius 1 is 1.64 bits per heavy atom. The molecule has 3 nitrogen and oxygen atoms in total. The molecule has 0 unspecified atom stereocenters. The van der Waals surface area contributed by atoms with E-state index in [0.29, 0.717) is 6.54 Å². The fourth-order valence-corrected chi connectivity index (χ4v) is 1.81. The Labute approximate surface area is 77.2 Å². The van der Waals surface area contributed by atoms with Crippen LogP contribution in [-0.2, 0) is 6.54 Å². The largest absolute Gasteiger partial charge is 0.370 e. The third-order valence-electron chi connectivity index (χ3n) is 1.07. The Bertz CT molecular complexity index is 265. The van der Waals surface area contributed by atoms with Gasteiger partial charge >= 0.3 is 0 Å². The lowest BCUT2D eigenvalue weighted by molar-refractivity contribution is 1.06. The Hall–Kier alpha value is -0.550. The second kappa shape index (κ2) is 3.73. The number of nitrogens with two attached hydrogens (primary N) is 2. The van der Waals surface area contributed by atoms with Crippen LogP contribution in [0.3, 0.4) is 0 Å². The molecule has 4 N–H and O–H groups in total. The maximum absolute atomic E-state index is 5.17. The summed E-state index contributed by atoms with van der Waals surface area (Å²) in [5.74, 6) is 0.132. The highest BCUT2D eigenvalue weighted by Crippen LogP contribution is 2.20. The second-order valence-corrected chi connectivity index (χ2v) is 4.29. The highest BCUT2D eigenvalue weighted by molar-refractivity contribution is 9.11. The summed E-state index contributed by atoms with van der Waals surface area (Å²) in [6.45, 7) is 0.560. The van der Waals surface area contributed by atoms with E-state index in [9.17, 15) is 0 Å². The van der Waals surface area contributed by atoms with Crippen molar-refractivity contribution in [2.24, 2.45) is 16.5 Å². The van der Waals surface area contributed by atoms with Crippen molar-refractivity contribution >= 4 is 33.2 Å². The van der Waals surface area contributed by atoms with Crippen molar-refractivity contribution < 1.29 is 0 Å². The highest BCUT2D eigenvalue weighted by atomic mass is 79.9. The van der Waals surface area contributed by atoms with Crippen LogP contribution in [0.1, 0.15) is 5.56 Å². The Morgan fingerprint density at radius 2 is 2.36 bits per heavy atom. The third-order valence-corrected chi connectivity index (χ3v) is 2.62. The lowest BCUT2D eigenvalue weighted by atomic mass is 10.3. The van der Waals surface area contributed by atoms with Crippen LogP contribution in [0.4, 0.5) is 0 Å². The molecule has 5 heteroatoms. The normalized spacial score (nSPS) is 9.55. The zero-order valence-corrected chi connectivity index (χ0v) is 8.15. The molecule has 1 rings (SSSR count). The van der Waals surface area contributed by atoms with Gasteiger partial charge in [-0.15, -0.1) is 11.3 Å². The number of hydrogen-bond acceptors (Lipinski definition) is 2. The Kier molecular flexibility index (Phi) is 2.90. The molecule has 1 aromatic heterocycles. The summed E-state index contributed by atoms with van der Waals surface area (Å²) in [6.07, 6.45) is 0. The molecule has 0 aliphatic carbocycles. The smallest absolute Gasteiger partial charge is 0.186 e. The molecule has 1 aromatic rings. The molecule has 0 amide bonds. The van der Waals surface area contributed by atoms with Gasteiger partial charge in [-0.25, -0.2) is 4.99 Å². The number of halogens is 1. The average molecular weight is 234 g/mol. The lowest BCUT2D eigenvalue weighted by Gasteiger charge is -1.89. The number of thiophene rings is 1. The average Bonchev–Trinajstić information content (AvgIpc) is 2.31. The number of aliphatic imine (C=N–C) groups is 1. The van der Waals surface area contributed by atoms with E-state index < -0.39 is 0 Å². The summed E-state index contributed by atoms with van der Waals surface area (Å²) < 4.78 is 1.10. The number of nitrogens with zero attached hydrogens (tertiary/aromatic N) is 1. The Morgan fingerprint density at radius 3 is 2.82 bits per heavy atom. The zero-order chi connectivity index (χ0) is 8.27. The SMILES string of the molecule is NC(N)=NCc1csc(Br)c1. The molecular formula is C6H8BrN3S. The first kappa shape index (κ1) is 8.55. The number of hydrogen-bond donors (Lipinski definition) is 2. The van der Waals surface area contributed by atoms with E-state index in [4.69, 9.17) is 11.5 Å². The van der Waals surface area contributed by atoms with E-state index in [1.165, 1.54) is 0 Å². The molecule has 0 aromatic carbocycles. The van der Waals surface area contributed by atoms with Crippen molar-refractivity contribution in [2.45, 2.75) is 6.54 Å². The standard InChI is InChI=1S/C6H8BrN3S/c7-5-1-4(3-11-5)2-10-6(8)9/h1,3H,2H2,(H4,8,9,10). The van der Waals surface area contributed by atoms with Crippen molar-refractivity contribution in [3.8, 4) is 0 Å². The molecule has 0 radical (unpaired) electrons. The number of rotatable bonds is 2. The summed E-state index contributed by atoms with van der Waals surface area (Å²) in [5, 5.41) is 2.01. The van der Waals surface area contributed by atoms with Gasteiger partial charge in [0.1, 0.15) is 0 Å². The maximum Gasteiger partial charge on any atom is 0.186 e. The molecule has 0 saturated heterocycles. The molecule has 1 heterocycles. The van der Waals surface area contributed by atoms with Crippen LogP contribution in [0.2, 0.25) is 0 Å². The van der Waals surface area contributed by atoms with Gasteiger partial charge in [-0.3, -0.25) is 0 Å². The molecule has 0 bridgehead atoms. The third kappa shape index (κ3) is 2.90. The molecule has 0 aliphatic heterocycles. The first-order chi connectivity index (χ1) is 5.18. The van der Waals surface area contributed by atoms with Gasteiger partial charge in [0.2, 0.25) is 0 Å². The first-order valence-corrected chi connectivity index (χ1v) is 4.64. The Balaban J connectivity index is 2.58. The second-order valence-electron chi connectivity index (χ2n) is 2.00. The predicted octanol–water partition coefficient (Wildman–Crippen LogP) is 1.28. The maximum atomic E-state index is 5.17. The molecule has 0 saturated carbocycles. The summed E-state index contributed by atoms with van der Waals surface area (Å²) in [7, 11) is 0. The molecule has 0 spiro atoms. The van der Waals surface area contributed by atoms with E-state index in [1.54, 1.807) is 11.3 Å². The lowest BCUT2D eigenvalue weighted by Crippen LogP contribution is -2.22. The van der Waals surface area contributed by atoms with Gasteiger partial charge in [0.05, 0.1) is 10.3 Å². The van der Waals surface area contributed by atoms with Gasteiger partial charge in [-0.05, 0) is 32.9 Å². The summed E-state index contributed by atoms with van der Waals surface area (Å²) in [5.41, 5.74) is 11.5. The van der Waals surface area contributed by atoms with Crippen molar-refractivity contribution in [1.29, 1.82) is 0 Å². The van der Waals surface area contributed by atoms with Gasteiger partial charge in [0.15, 0.2) is 5.96 Å². The summed E-state index contributed by atoms with van der Waals surface area (Å²) in [4.78, 5) is 3.87. The monoisotopic (exact) mass is 233 g/mol. The van der Waals surface area contributed by atoms with Gasteiger partial charge in [-0.1, -0.05) is 0 Å². The first-order valence-electron chi connectivity index (χ1n) is 2.97. The molecule has 0 fully saturated rings. The molecule has 60 valence electrons. The van der Waals surface area contributed by atoms with Gasteiger partial charge in [0, 0.05) is 0 Å². The van der Waals surface area contributed by atoms with Crippen molar-refractivity contribution in [1.82, 2.24) is 0 Å². The predicted molar refractivity (Wildman–Crippen MR) is 51.5 cm³/mol. The van der Waals surface area contributed by atoms with E-state index in [1.807, 2.05) is 11.4 Å². The van der Waals surface area contributed by atoms with E-state index in [0.717, 1.165) is 9.35 Å². The molecule has 11 heavy (non-hydrogen) atoms.